The zero-order valence-electron chi connectivity index (χ0n) is 19.6. The molecule has 0 fully saturated rings. The SMILES string of the molecule is C=C(/C=C\C)CNC1=C(C(=S)Nc2ccc(N(C)C)cc2)C(=O)CC(C)(C)C1.CC. The maximum Gasteiger partial charge on any atom is 0.168 e. The molecular formula is C25H37N3OS. The third-order valence-corrected chi connectivity index (χ3v) is 4.98. The molecule has 0 aliphatic heterocycles. The first-order valence-corrected chi connectivity index (χ1v) is 10.9. The first kappa shape index (κ1) is 25.6. The molecule has 4 nitrogen and oxygen atoms in total. The second-order valence-electron chi connectivity index (χ2n) is 8.20. The predicted octanol–water partition coefficient (Wildman–Crippen LogP) is 5.88. The van der Waals surface area contributed by atoms with Crippen molar-refractivity contribution >= 4 is 34.4 Å². The summed E-state index contributed by atoms with van der Waals surface area (Å²) < 4.78 is 0. The minimum atomic E-state index is -0.0895. The van der Waals surface area contributed by atoms with Crippen LogP contribution in [0.3, 0.4) is 0 Å². The first-order chi connectivity index (χ1) is 14.1. The Labute approximate surface area is 188 Å². The Bertz CT molecular complexity index is 817. The van der Waals surface area contributed by atoms with Crippen molar-refractivity contribution in [1.29, 1.82) is 0 Å². The molecule has 0 saturated heterocycles. The normalized spacial score (nSPS) is 15.4. The smallest absolute Gasteiger partial charge is 0.168 e. The third kappa shape index (κ3) is 7.45. The largest absolute Gasteiger partial charge is 0.384 e. The van der Waals surface area contributed by atoms with Crippen LogP contribution in [0.15, 0.2) is 59.8 Å². The molecule has 0 saturated carbocycles. The lowest BCUT2D eigenvalue weighted by atomic mass is 9.75. The molecule has 0 spiro atoms. The lowest BCUT2D eigenvalue weighted by Gasteiger charge is -2.33. The van der Waals surface area contributed by atoms with Crippen LogP contribution in [0.4, 0.5) is 11.4 Å². The molecule has 1 aliphatic carbocycles. The van der Waals surface area contributed by atoms with E-state index < -0.39 is 0 Å². The Morgan fingerprint density at radius 3 is 2.33 bits per heavy atom. The highest BCUT2D eigenvalue weighted by atomic mass is 32.1. The van der Waals surface area contributed by atoms with E-state index in [9.17, 15) is 4.79 Å². The molecule has 1 aromatic rings. The van der Waals surface area contributed by atoms with Gasteiger partial charge in [0.15, 0.2) is 5.78 Å². The zero-order valence-corrected chi connectivity index (χ0v) is 20.4. The highest BCUT2D eigenvalue weighted by Gasteiger charge is 2.34. The van der Waals surface area contributed by atoms with Gasteiger partial charge in [-0.1, -0.05) is 58.6 Å². The molecular weight excluding hydrogens is 390 g/mol. The Morgan fingerprint density at radius 1 is 1.20 bits per heavy atom. The zero-order chi connectivity index (χ0) is 22.9. The second kappa shape index (κ2) is 11.7. The Hall–Kier alpha value is -2.40. The average molecular weight is 428 g/mol. The van der Waals surface area contributed by atoms with Gasteiger partial charge in [0.1, 0.15) is 4.99 Å². The van der Waals surface area contributed by atoms with Gasteiger partial charge in [0.2, 0.25) is 0 Å². The summed E-state index contributed by atoms with van der Waals surface area (Å²) in [6.07, 6.45) is 5.19. The average Bonchev–Trinajstić information content (AvgIpc) is 2.67. The maximum atomic E-state index is 12.9. The number of nitrogens with one attached hydrogen (secondary N) is 2. The number of nitrogens with zero attached hydrogens (tertiary/aromatic N) is 1. The fraction of sp³-hybridized carbons (Fsp3) is 0.440. The van der Waals surface area contributed by atoms with Gasteiger partial charge in [-0.3, -0.25) is 4.79 Å². The summed E-state index contributed by atoms with van der Waals surface area (Å²) in [6.45, 7) is 14.8. The van der Waals surface area contributed by atoms with Crippen molar-refractivity contribution < 1.29 is 4.79 Å². The van der Waals surface area contributed by atoms with E-state index in [2.05, 4.69) is 31.1 Å². The molecule has 1 aliphatic rings. The number of ketones is 1. The number of anilines is 2. The van der Waals surface area contributed by atoms with E-state index in [1.807, 2.05) is 76.2 Å². The van der Waals surface area contributed by atoms with Gasteiger partial charge < -0.3 is 15.5 Å². The summed E-state index contributed by atoms with van der Waals surface area (Å²) in [5, 5.41) is 6.64. The van der Waals surface area contributed by atoms with E-state index in [-0.39, 0.29) is 11.2 Å². The van der Waals surface area contributed by atoms with Crippen LogP contribution < -0.4 is 15.5 Å². The molecule has 1 aromatic carbocycles. The van der Waals surface area contributed by atoms with Crippen LogP contribution in [0.1, 0.15) is 47.5 Å². The maximum absolute atomic E-state index is 12.9. The number of thiocarbonyl (C=S) groups is 1. The minimum Gasteiger partial charge on any atom is -0.384 e. The summed E-state index contributed by atoms with van der Waals surface area (Å²) in [4.78, 5) is 15.4. The highest BCUT2D eigenvalue weighted by Crippen LogP contribution is 2.36. The topological polar surface area (TPSA) is 44.4 Å². The number of allylic oxidation sites excluding steroid dienone is 2. The summed E-state index contributed by atoms with van der Waals surface area (Å²) in [5.41, 5.74) is 4.35. The molecule has 0 radical (unpaired) electrons. The van der Waals surface area contributed by atoms with E-state index in [0.29, 0.717) is 23.5 Å². The van der Waals surface area contributed by atoms with Gasteiger partial charge >= 0.3 is 0 Å². The quantitative estimate of drug-likeness (QED) is 0.420. The lowest BCUT2D eigenvalue weighted by Crippen LogP contribution is -2.35. The van der Waals surface area contributed by atoms with Crippen LogP contribution in [0.5, 0.6) is 0 Å². The number of hydrogen-bond donors (Lipinski definition) is 2. The third-order valence-electron chi connectivity index (χ3n) is 4.67. The molecule has 0 atom stereocenters. The fourth-order valence-electron chi connectivity index (χ4n) is 3.29. The van der Waals surface area contributed by atoms with Gasteiger partial charge in [-0.15, -0.1) is 0 Å². The van der Waals surface area contributed by atoms with Gasteiger partial charge in [0.25, 0.3) is 0 Å². The monoisotopic (exact) mass is 427 g/mol. The molecule has 5 heteroatoms. The van der Waals surface area contributed by atoms with E-state index in [0.717, 1.165) is 29.1 Å². The molecule has 2 N–H and O–H groups in total. The fourth-order valence-corrected chi connectivity index (χ4v) is 3.64. The predicted molar refractivity (Wildman–Crippen MR) is 135 cm³/mol. The molecule has 0 aromatic heterocycles. The van der Waals surface area contributed by atoms with Gasteiger partial charge in [-0.05, 0) is 48.6 Å². The van der Waals surface area contributed by atoms with E-state index >= 15 is 0 Å². The lowest BCUT2D eigenvalue weighted by molar-refractivity contribution is -0.117. The van der Waals surface area contributed by atoms with Crippen molar-refractivity contribution in [3.63, 3.8) is 0 Å². The molecule has 0 unspecified atom stereocenters. The van der Waals surface area contributed by atoms with Crippen LogP contribution in [0.25, 0.3) is 0 Å². The minimum absolute atomic E-state index is 0.0813. The Balaban J connectivity index is 0.00000218. The van der Waals surface area contributed by atoms with Gasteiger partial charge in [-0.2, -0.15) is 0 Å². The molecule has 164 valence electrons. The summed E-state index contributed by atoms with van der Waals surface area (Å²) in [5.74, 6) is 0.0813. The van der Waals surface area contributed by atoms with Crippen molar-refractivity contribution in [3.05, 3.63) is 59.8 Å². The number of carbonyl (C=O) groups excluding carboxylic acids is 1. The number of carbonyl (C=O) groups is 1. The van der Waals surface area contributed by atoms with Crippen molar-refractivity contribution in [2.75, 3.05) is 30.9 Å². The van der Waals surface area contributed by atoms with Crippen LogP contribution in [0.2, 0.25) is 0 Å². The number of hydrogen-bond acceptors (Lipinski definition) is 4. The van der Waals surface area contributed by atoms with E-state index in [1.54, 1.807) is 0 Å². The molecule has 0 heterocycles. The van der Waals surface area contributed by atoms with Gasteiger partial charge in [0.05, 0.1) is 5.57 Å². The molecule has 0 amide bonds. The van der Waals surface area contributed by atoms with Crippen LogP contribution >= 0.6 is 12.2 Å². The van der Waals surface area contributed by atoms with Crippen molar-refractivity contribution in [2.45, 2.75) is 47.5 Å². The summed E-state index contributed by atoms with van der Waals surface area (Å²) in [6, 6.07) is 7.98. The number of Topliss-reactive ketones (excluding diaryl/α,β-unsaturated/α-hetero) is 1. The van der Waals surface area contributed by atoms with Crippen molar-refractivity contribution in [1.82, 2.24) is 5.32 Å². The van der Waals surface area contributed by atoms with Crippen molar-refractivity contribution in [3.8, 4) is 0 Å². The van der Waals surface area contributed by atoms with E-state index in [4.69, 9.17) is 12.2 Å². The second-order valence-corrected chi connectivity index (χ2v) is 8.61. The van der Waals surface area contributed by atoms with Gasteiger partial charge in [-0.25, -0.2) is 0 Å². The number of benzene rings is 1. The number of rotatable bonds is 7. The highest BCUT2D eigenvalue weighted by molar-refractivity contribution is 7.81. The molecule has 0 bridgehead atoms. The summed E-state index contributed by atoms with van der Waals surface area (Å²) in [7, 11) is 4.00. The molecule has 30 heavy (non-hydrogen) atoms. The van der Waals surface area contributed by atoms with Crippen molar-refractivity contribution in [2.24, 2.45) is 5.41 Å². The van der Waals surface area contributed by atoms with Gasteiger partial charge in [0, 0.05) is 44.1 Å². The first-order valence-electron chi connectivity index (χ1n) is 10.5. The van der Waals surface area contributed by atoms with Crippen LogP contribution in [-0.4, -0.2) is 31.4 Å². The molecule has 2 rings (SSSR count). The Kier molecular flexibility index (Phi) is 10.00. The van der Waals surface area contributed by atoms with E-state index in [1.165, 1.54) is 0 Å². The summed E-state index contributed by atoms with van der Waals surface area (Å²) >= 11 is 5.62. The van der Waals surface area contributed by atoms with Crippen LogP contribution in [-0.2, 0) is 4.79 Å². The standard InChI is InChI=1S/C23H31N3OS.C2H6/c1-7-8-16(2)15-24-19-13-23(3,4)14-20(27)21(19)22(28)25-17-9-11-18(12-10-17)26(5)6;1-2/h7-12,24H,2,13-15H2,1,3-6H3,(H,25,28);1-2H3/b8-7-;. The Morgan fingerprint density at radius 2 is 1.80 bits per heavy atom. The van der Waals surface area contributed by atoms with Crippen LogP contribution in [0, 0.1) is 5.41 Å².